The molecule has 1 aliphatic carbocycles. The Morgan fingerprint density at radius 3 is 2.59 bits per heavy atom. The smallest absolute Gasteiger partial charge is 0.251 e. The van der Waals surface area contributed by atoms with Gasteiger partial charge >= 0.3 is 0 Å². The van der Waals surface area contributed by atoms with Crippen LogP contribution in [0, 0.1) is 0 Å². The fraction of sp³-hybridized carbons (Fsp3) is 0.364. The number of anilines is 1. The zero-order chi connectivity index (χ0) is 19.1. The van der Waals surface area contributed by atoms with E-state index in [0.717, 1.165) is 37.1 Å². The minimum absolute atomic E-state index is 0.0648. The van der Waals surface area contributed by atoms with Crippen molar-refractivity contribution in [3.63, 3.8) is 0 Å². The molecule has 2 aromatic rings. The first-order chi connectivity index (χ1) is 13.2. The van der Waals surface area contributed by atoms with Crippen molar-refractivity contribution >= 4 is 17.5 Å². The highest BCUT2D eigenvalue weighted by Gasteiger charge is 2.12. The maximum Gasteiger partial charge on any atom is 0.251 e. The van der Waals surface area contributed by atoms with Crippen LogP contribution in [-0.4, -0.2) is 25.0 Å². The van der Waals surface area contributed by atoms with Gasteiger partial charge in [-0.15, -0.1) is 0 Å². The van der Waals surface area contributed by atoms with Crippen molar-refractivity contribution in [1.82, 2.24) is 5.32 Å². The number of aryl methyl sites for hydroxylation is 2. The molecule has 2 aromatic carbocycles. The zero-order valence-corrected chi connectivity index (χ0v) is 15.7. The van der Waals surface area contributed by atoms with Crippen LogP contribution in [0.1, 0.15) is 47.7 Å². The normalized spacial score (nSPS) is 12.3. The van der Waals surface area contributed by atoms with Gasteiger partial charge in [0.15, 0.2) is 0 Å². The Bertz CT molecular complexity index is 800. The van der Waals surface area contributed by atoms with E-state index in [2.05, 4.69) is 23.6 Å². The van der Waals surface area contributed by atoms with Gasteiger partial charge in [0, 0.05) is 11.3 Å². The van der Waals surface area contributed by atoms with E-state index >= 15 is 0 Å². The molecule has 0 bridgehead atoms. The van der Waals surface area contributed by atoms with E-state index in [1.54, 1.807) is 24.3 Å². The third kappa shape index (κ3) is 5.33. The number of carbonyl (C=O) groups excluding carboxylic acids is 2. The topological polar surface area (TPSA) is 67.4 Å². The van der Waals surface area contributed by atoms with Gasteiger partial charge < -0.3 is 15.4 Å². The molecule has 0 spiro atoms. The summed E-state index contributed by atoms with van der Waals surface area (Å²) in [7, 11) is 0. The predicted molar refractivity (Wildman–Crippen MR) is 106 cm³/mol. The van der Waals surface area contributed by atoms with Gasteiger partial charge in [-0.25, -0.2) is 0 Å². The number of unbranched alkanes of at least 4 members (excludes halogenated alkanes) is 1. The maximum atomic E-state index is 12.2. The van der Waals surface area contributed by atoms with Crippen molar-refractivity contribution < 1.29 is 14.3 Å². The molecule has 0 aliphatic heterocycles. The predicted octanol–water partition coefficient (Wildman–Crippen LogP) is 3.72. The van der Waals surface area contributed by atoms with Gasteiger partial charge in [0.25, 0.3) is 5.91 Å². The van der Waals surface area contributed by atoms with Crippen LogP contribution in [0.3, 0.4) is 0 Å². The molecule has 5 heteroatoms. The average Bonchev–Trinajstić information content (AvgIpc) is 3.15. The quantitative estimate of drug-likeness (QED) is 0.700. The summed E-state index contributed by atoms with van der Waals surface area (Å²) in [4.78, 5) is 24.3. The molecular formula is C22H26N2O3. The Hall–Kier alpha value is -2.82. The molecule has 3 rings (SSSR count). The van der Waals surface area contributed by atoms with Gasteiger partial charge in [-0.05, 0) is 73.2 Å². The third-order valence-corrected chi connectivity index (χ3v) is 4.67. The number of fused-ring (bicyclic) bond motifs is 1. The fourth-order valence-electron chi connectivity index (χ4n) is 3.15. The van der Waals surface area contributed by atoms with Gasteiger partial charge in [-0.1, -0.05) is 19.4 Å². The zero-order valence-electron chi connectivity index (χ0n) is 15.7. The summed E-state index contributed by atoms with van der Waals surface area (Å²) in [5.41, 5.74) is 3.95. The van der Waals surface area contributed by atoms with Gasteiger partial charge in [-0.3, -0.25) is 9.59 Å². The lowest BCUT2D eigenvalue weighted by Gasteiger charge is -2.09. The molecule has 0 atom stereocenters. The average molecular weight is 366 g/mol. The third-order valence-electron chi connectivity index (χ3n) is 4.67. The van der Waals surface area contributed by atoms with Crippen molar-refractivity contribution in [2.24, 2.45) is 0 Å². The second-order valence-electron chi connectivity index (χ2n) is 6.79. The number of benzene rings is 2. The summed E-state index contributed by atoms with van der Waals surface area (Å²) >= 11 is 0. The van der Waals surface area contributed by atoms with E-state index in [-0.39, 0.29) is 18.4 Å². The Kier molecular flexibility index (Phi) is 6.47. The molecule has 0 saturated heterocycles. The number of hydrogen-bond acceptors (Lipinski definition) is 3. The molecule has 1 aliphatic rings. The molecule has 5 nitrogen and oxygen atoms in total. The molecule has 142 valence electrons. The molecular weight excluding hydrogens is 340 g/mol. The second-order valence-corrected chi connectivity index (χ2v) is 6.79. The Balaban J connectivity index is 1.46. The highest BCUT2D eigenvalue weighted by Crippen LogP contribution is 2.24. The van der Waals surface area contributed by atoms with Crippen LogP contribution in [-0.2, 0) is 17.6 Å². The van der Waals surface area contributed by atoms with E-state index in [9.17, 15) is 9.59 Å². The van der Waals surface area contributed by atoms with Crippen LogP contribution < -0.4 is 15.4 Å². The lowest BCUT2D eigenvalue weighted by atomic mass is 10.1. The Morgan fingerprint density at radius 2 is 1.81 bits per heavy atom. The maximum absolute atomic E-state index is 12.2. The number of ether oxygens (including phenoxy) is 1. The molecule has 2 amide bonds. The van der Waals surface area contributed by atoms with Gasteiger partial charge in [0.05, 0.1) is 13.2 Å². The summed E-state index contributed by atoms with van der Waals surface area (Å²) in [6.07, 6.45) is 5.43. The Labute approximate surface area is 160 Å². The standard InChI is InChI=1S/C22H26N2O3/c1-2-3-13-27-20-11-8-17(9-12-20)22(26)23-15-21(25)24-19-10-7-16-5-4-6-18(16)14-19/h7-12,14H,2-6,13,15H2,1H3,(H,23,26)(H,24,25). The van der Waals surface area contributed by atoms with E-state index in [4.69, 9.17) is 4.74 Å². The lowest BCUT2D eigenvalue weighted by Crippen LogP contribution is -2.32. The largest absolute Gasteiger partial charge is 0.494 e. The molecule has 0 saturated carbocycles. The summed E-state index contributed by atoms with van der Waals surface area (Å²) < 4.78 is 5.58. The van der Waals surface area contributed by atoms with Crippen molar-refractivity contribution in [2.75, 3.05) is 18.5 Å². The van der Waals surface area contributed by atoms with Crippen molar-refractivity contribution in [3.8, 4) is 5.75 Å². The number of hydrogen-bond donors (Lipinski definition) is 2. The van der Waals surface area contributed by atoms with Crippen molar-refractivity contribution in [3.05, 3.63) is 59.2 Å². The van der Waals surface area contributed by atoms with Gasteiger partial charge in [0.2, 0.25) is 5.91 Å². The first kappa shape index (κ1) is 19.0. The highest BCUT2D eigenvalue weighted by molar-refractivity contribution is 5.99. The minimum Gasteiger partial charge on any atom is -0.494 e. The molecule has 0 heterocycles. The molecule has 0 radical (unpaired) electrons. The number of nitrogens with one attached hydrogen (secondary N) is 2. The fourth-order valence-corrected chi connectivity index (χ4v) is 3.15. The summed E-state index contributed by atoms with van der Waals surface area (Å²) in [6, 6.07) is 13.0. The van der Waals surface area contributed by atoms with Crippen LogP contribution in [0.2, 0.25) is 0 Å². The van der Waals surface area contributed by atoms with Crippen LogP contribution in [0.25, 0.3) is 0 Å². The van der Waals surface area contributed by atoms with Gasteiger partial charge in [-0.2, -0.15) is 0 Å². The number of amides is 2. The minimum atomic E-state index is -0.279. The van der Waals surface area contributed by atoms with Crippen LogP contribution in [0.4, 0.5) is 5.69 Å². The first-order valence-electron chi connectivity index (χ1n) is 9.58. The van der Waals surface area contributed by atoms with Crippen LogP contribution >= 0.6 is 0 Å². The van der Waals surface area contributed by atoms with E-state index in [1.807, 2.05) is 12.1 Å². The van der Waals surface area contributed by atoms with Gasteiger partial charge in [0.1, 0.15) is 5.75 Å². The summed E-state index contributed by atoms with van der Waals surface area (Å²) in [5, 5.41) is 5.49. The van der Waals surface area contributed by atoms with Crippen LogP contribution in [0.15, 0.2) is 42.5 Å². The van der Waals surface area contributed by atoms with E-state index in [0.29, 0.717) is 12.2 Å². The highest BCUT2D eigenvalue weighted by atomic mass is 16.5. The second kappa shape index (κ2) is 9.21. The molecule has 27 heavy (non-hydrogen) atoms. The molecule has 2 N–H and O–H groups in total. The van der Waals surface area contributed by atoms with Crippen molar-refractivity contribution in [1.29, 1.82) is 0 Å². The van der Waals surface area contributed by atoms with E-state index < -0.39 is 0 Å². The number of rotatable bonds is 8. The van der Waals surface area contributed by atoms with Crippen molar-refractivity contribution in [2.45, 2.75) is 39.0 Å². The number of carbonyl (C=O) groups is 2. The molecule has 0 aromatic heterocycles. The SMILES string of the molecule is CCCCOc1ccc(C(=O)NCC(=O)Nc2ccc3c(c2)CCC3)cc1. The first-order valence-corrected chi connectivity index (χ1v) is 9.58. The summed E-state index contributed by atoms with van der Waals surface area (Å²) in [5.74, 6) is 0.231. The van der Waals surface area contributed by atoms with E-state index in [1.165, 1.54) is 17.5 Å². The Morgan fingerprint density at radius 1 is 1.04 bits per heavy atom. The lowest BCUT2D eigenvalue weighted by molar-refractivity contribution is -0.115. The monoisotopic (exact) mass is 366 g/mol. The summed E-state index contributed by atoms with van der Waals surface area (Å²) in [6.45, 7) is 2.72. The molecule has 0 fully saturated rings. The molecule has 0 unspecified atom stereocenters. The van der Waals surface area contributed by atoms with Crippen LogP contribution in [0.5, 0.6) is 5.75 Å².